The lowest BCUT2D eigenvalue weighted by Gasteiger charge is -2.19. The summed E-state index contributed by atoms with van der Waals surface area (Å²) in [7, 11) is 1.25. The number of ether oxygens (including phenoxy) is 1. The van der Waals surface area contributed by atoms with E-state index in [0.717, 1.165) is 18.9 Å². The molecule has 1 unspecified atom stereocenters. The summed E-state index contributed by atoms with van der Waals surface area (Å²) in [6.07, 6.45) is 1.43. The molecule has 0 aliphatic heterocycles. The minimum absolute atomic E-state index is 0.0168. The van der Waals surface area contributed by atoms with Crippen LogP contribution >= 0.6 is 15.9 Å². The van der Waals surface area contributed by atoms with E-state index in [9.17, 15) is 13.6 Å². The fourth-order valence-corrected chi connectivity index (χ4v) is 2.74. The lowest BCUT2D eigenvalue weighted by atomic mass is 9.89. The molecule has 2 rings (SSSR count). The van der Waals surface area contributed by atoms with Gasteiger partial charge in [0.15, 0.2) is 11.6 Å². The van der Waals surface area contributed by atoms with Gasteiger partial charge < -0.3 is 9.84 Å². The molecule has 6 heteroatoms. The molecule has 1 aliphatic carbocycles. The molecule has 19 heavy (non-hydrogen) atoms. The third-order valence-electron chi connectivity index (χ3n) is 3.32. The Labute approximate surface area is 117 Å². The molecule has 0 spiro atoms. The largest absolute Gasteiger partial charge is 0.493 e. The van der Waals surface area contributed by atoms with Crippen LogP contribution in [0.2, 0.25) is 0 Å². The highest BCUT2D eigenvalue weighted by Crippen LogP contribution is 2.49. The number of methoxy groups -OCH3 is 1. The number of carbonyl (C=O) groups is 1. The summed E-state index contributed by atoms with van der Waals surface area (Å²) in [5.41, 5.74) is 0.0271. The Morgan fingerprint density at radius 1 is 1.58 bits per heavy atom. The van der Waals surface area contributed by atoms with Crippen molar-refractivity contribution in [2.45, 2.75) is 25.2 Å². The SMILES string of the molecule is COc1c(F)cc(Br)c(F)c1C(CC(=O)O)C1CC1. The first-order valence-corrected chi connectivity index (χ1v) is 6.68. The Balaban J connectivity index is 2.53. The molecule has 0 radical (unpaired) electrons. The van der Waals surface area contributed by atoms with Gasteiger partial charge in [-0.05, 0) is 40.8 Å². The predicted octanol–water partition coefficient (Wildman–Crippen LogP) is 3.70. The van der Waals surface area contributed by atoms with Crippen molar-refractivity contribution in [1.29, 1.82) is 0 Å². The standard InChI is InChI=1S/C13H13BrF2O3/c1-19-13-9(15)5-8(14)12(16)11(13)7(4-10(17)18)6-2-3-6/h5-7H,2-4H2,1H3,(H,17,18). The van der Waals surface area contributed by atoms with E-state index in [0.29, 0.717) is 0 Å². The van der Waals surface area contributed by atoms with Crippen LogP contribution in [0.25, 0.3) is 0 Å². The molecule has 1 aromatic rings. The molecule has 1 saturated carbocycles. The molecule has 0 heterocycles. The van der Waals surface area contributed by atoms with Crippen molar-refractivity contribution >= 4 is 21.9 Å². The molecule has 1 fully saturated rings. The van der Waals surface area contributed by atoms with Gasteiger partial charge in [0.2, 0.25) is 0 Å². The zero-order valence-corrected chi connectivity index (χ0v) is 11.8. The minimum Gasteiger partial charge on any atom is -0.493 e. The van der Waals surface area contributed by atoms with Crippen LogP contribution in [0.1, 0.15) is 30.7 Å². The number of rotatable bonds is 5. The van der Waals surface area contributed by atoms with E-state index in [1.54, 1.807) is 0 Å². The number of benzene rings is 1. The van der Waals surface area contributed by atoms with E-state index in [2.05, 4.69) is 15.9 Å². The van der Waals surface area contributed by atoms with Crippen LogP contribution in [0.3, 0.4) is 0 Å². The number of carboxylic acids is 1. The van der Waals surface area contributed by atoms with E-state index >= 15 is 0 Å². The van der Waals surface area contributed by atoms with Crippen molar-refractivity contribution in [3.05, 3.63) is 27.7 Å². The third kappa shape index (κ3) is 2.88. The van der Waals surface area contributed by atoms with Crippen LogP contribution in [-0.2, 0) is 4.79 Å². The maximum Gasteiger partial charge on any atom is 0.303 e. The average molecular weight is 335 g/mol. The Morgan fingerprint density at radius 2 is 2.21 bits per heavy atom. The van der Waals surface area contributed by atoms with Crippen molar-refractivity contribution in [3.63, 3.8) is 0 Å². The topological polar surface area (TPSA) is 46.5 Å². The number of aliphatic carboxylic acids is 1. The monoisotopic (exact) mass is 334 g/mol. The average Bonchev–Trinajstić information content (AvgIpc) is 3.14. The summed E-state index contributed by atoms with van der Waals surface area (Å²) in [5.74, 6) is -3.04. The van der Waals surface area contributed by atoms with Crippen LogP contribution in [0.15, 0.2) is 10.5 Å². The van der Waals surface area contributed by atoms with E-state index < -0.39 is 23.5 Å². The highest BCUT2D eigenvalue weighted by molar-refractivity contribution is 9.10. The second kappa shape index (κ2) is 5.45. The molecule has 0 aromatic heterocycles. The summed E-state index contributed by atoms with van der Waals surface area (Å²) in [4.78, 5) is 10.9. The van der Waals surface area contributed by atoms with Gasteiger partial charge in [-0.1, -0.05) is 0 Å². The van der Waals surface area contributed by atoms with Crippen LogP contribution in [0.5, 0.6) is 5.75 Å². The Bertz CT molecular complexity index is 515. The first-order valence-electron chi connectivity index (χ1n) is 5.88. The van der Waals surface area contributed by atoms with Gasteiger partial charge in [0.05, 0.1) is 18.0 Å². The van der Waals surface area contributed by atoms with E-state index in [4.69, 9.17) is 9.84 Å². The Kier molecular flexibility index (Phi) is 4.08. The molecule has 0 bridgehead atoms. The predicted molar refractivity (Wildman–Crippen MR) is 68.3 cm³/mol. The van der Waals surface area contributed by atoms with Crippen molar-refractivity contribution in [3.8, 4) is 5.75 Å². The van der Waals surface area contributed by atoms with E-state index in [1.807, 2.05) is 0 Å². The minimum atomic E-state index is -1.03. The van der Waals surface area contributed by atoms with Gasteiger partial charge in [0.1, 0.15) is 5.82 Å². The zero-order chi connectivity index (χ0) is 14.2. The number of hydrogen-bond donors (Lipinski definition) is 1. The second-order valence-electron chi connectivity index (χ2n) is 4.64. The fourth-order valence-electron chi connectivity index (χ4n) is 2.33. The van der Waals surface area contributed by atoms with E-state index in [-0.39, 0.29) is 28.1 Å². The molecule has 0 saturated heterocycles. The van der Waals surface area contributed by atoms with Gasteiger partial charge in [0, 0.05) is 11.5 Å². The summed E-state index contributed by atoms with van der Waals surface area (Å²) >= 11 is 2.95. The van der Waals surface area contributed by atoms with Crippen molar-refractivity contribution in [1.82, 2.24) is 0 Å². The smallest absolute Gasteiger partial charge is 0.303 e. The normalized spacial score (nSPS) is 16.2. The Morgan fingerprint density at radius 3 is 2.68 bits per heavy atom. The summed E-state index contributed by atoms with van der Waals surface area (Å²) in [5, 5.41) is 8.95. The Hall–Kier alpha value is -1.17. The van der Waals surface area contributed by atoms with Crippen molar-refractivity contribution in [2.24, 2.45) is 5.92 Å². The molecule has 1 atom stereocenters. The first kappa shape index (κ1) is 14.2. The molecular weight excluding hydrogens is 322 g/mol. The van der Waals surface area contributed by atoms with Crippen LogP contribution in [0, 0.1) is 17.6 Å². The zero-order valence-electron chi connectivity index (χ0n) is 10.3. The van der Waals surface area contributed by atoms with Crippen LogP contribution in [0.4, 0.5) is 8.78 Å². The van der Waals surface area contributed by atoms with Gasteiger partial charge >= 0.3 is 5.97 Å². The number of halogens is 3. The molecule has 0 amide bonds. The third-order valence-corrected chi connectivity index (χ3v) is 3.90. The van der Waals surface area contributed by atoms with Crippen LogP contribution < -0.4 is 4.74 Å². The molecular formula is C13H13BrF2O3. The maximum atomic E-state index is 14.2. The second-order valence-corrected chi connectivity index (χ2v) is 5.50. The molecule has 104 valence electrons. The summed E-state index contributed by atoms with van der Waals surface area (Å²) in [6, 6.07) is 0.988. The van der Waals surface area contributed by atoms with Crippen molar-refractivity contribution in [2.75, 3.05) is 7.11 Å². The summed E-state index contributed by atoms with van der Waals surface area (Å²) < 4.78 is 32.9. The molecule has 3 nitrogen and oxygen atoms in total. The van der Waals surface area contributed by atoms with Gasteiger partial charge in [-0.3, -0.25) is 4.79 Å². The quantitative estimate of drug-likeness (QED) is 0.835. The summed E-state index contributed by atoms with van der Waals surface area (Å²) in [6.45, 7) is 0. The highest BCUT2D eigenvalue weighted by Gasteiger charge is 2.38. The highest BCUT2D eigenvalue weighted by atomic mass is 79.9. The van der Waals surface area contributed by atoms with Gasteiger partial charge in [-0.15, -0.1) is 0 Å². The maximum absolute atomic E-state index is 14.2. The lowest BCUT2D eigenvalue weighted by Crippen LogP contribution is -2.13. The van der Waals surface area contributed by atoms with Gasteiger partial charge in [-0.25, -0.2) is 8.78 Å². The lowest BCUT2D eigenvalue weighted by molar-refractivity contribution is -0.137. The van der Waals surface area contributed by atoms with E-state index in [1.165, 1.54) is 7.11 Å². The molecule has 1 aliphatic rings. The number of hydrogen-bond acceptors (Lipinski definition) is 2. The first-order chi connectivity index (χ1) is 8.95. The fraction of sp³-hybridized carbons (Fsp3) is 0.462. The van der Waals surface area contributed by atoms with Crippen molar-refractivity contribution < 1.29 is 23.4 Å². The number of carboxylic acid groups (broad SMARTS) is 1. The van der Waals surface area contributed by atoms with Gasteiger partial charge in [-0.2, -0.15) is 0 Å². The molecule has 1 aromatic carbocycles. The van der Waals surface area contributed by atoms with Gasteiger partial charge in [0.25, 0.3) is 0 Å². The van der Waals surface area contributed by atoms with Crippen LogP contribution in [-0.4, -0.2) is 18.2 Å². The molecule has 1 N–H and O–H groups in total.